The molecule has 0 bridgehead atoms. The van der Waals surface area contributed by atoms with E-state index in [-0.39, 0.29) is 25.1 Å². The van der Waals surface area contributed by atoms with E-state index >= 15 is 0 Å². The van der Waals surface area contributed by atoms with Gasteiger partial charge in [-0.05, 0) is 24.3 Å². The van der Waals surface area contributed by atoms with Crippen LogP contribution in [0, 0.1) is 12.3 Å². The Morgan fingerprint density at radius 3 is 2.64 bits per heavy atom. The number of terminal acetylenes is 1. The molecule has 1 unspecified atom stereocenters. The van der Waals surface area contributed by atoms with E-state index in [1.165, 1.54) is 17.0 Å². The Morgan fingerprint density at radius 1 is 1.50 bits per heavy atom. The zero-order valence-corrected chi connectivity index (χ0v) is 12.1. The number of anilines is 1. The summed E-state index contributed by atoms with van der Waals surface area (Å²) in [5.41, 5.74) is 0.678. The number of phenolic OH excluding ortho intramolecular Hbond substituents is 1. The number of cyclic esters (lactones) is 1. The van der Waals surface area contributed by atoms with Crippen LogP contribution in [-0.4, -0.2) is 48.1 Å². The molecule has 2 rings (SSSR count). The molecule has 1 fully saturated rings. The SMILES string of the molecule is C#CCOCC1CN(c2ccc(O)cc2)C(=O)O1.CC(=O)O. The zero-order chi connectivity index (χ0) is 16.5. The van der Waals surface area contributed by atoms with E-state index < -0.39 is 12.1 Å². The van der Waals surface area contributed by atoms with Crippen molar-refractivity contribution in [2.75, 3.05) is 24.7 Å². The highest BCUT2D eigenvalue weighted by Crippen LogP contribution is 2.23. The number of amides is 1. The zero-order valence-electron chi connectivity index (χ0n) is 12.1. The van der Waals surface area contributed by atoms with Crippen molar-refractivity contribution in [2.24, 2.45) is 0 Å². The Balaban J connectivity index is 0.000000541. The molecule has 0 aliphatic carbocycles. The van der Waals surface area contributed by atoms with Gasteiger partial charge in [-0.15, -0.1) is 6.42 Å². The summed E-state index contributed by atoms with van der Waals surface area (Å²) in [5, 5.41) is 16.6. The Labute approximate surface area is 128 Å². The van der Waals surface area contributed by atoms with Crippen LogP contribution in [0.5, 0.6) is 5.75 Å². The molecule has 118 valence electrons. The topological polar surface area (TPSA) is 96.3 Å². The quantitative estimate of drug-likeness (QED) is 0.646. The molecule has 1 atom stereocenters. The second kappa shape index (κ2) is 8.54. The number of carbonyl (C=O) groups is 2. The van der Waals surface area contributed by atoms with Crippen LogP contribution in [0.1, 0.15) is 6.92 Å². The van der Waals surface area contributed by atoms with E-state index in [1.807, 2.05) is 0 Å². The summed E-state index contributed by atoms with van der Waals surface area (Å²) in [6.45, 7) is 1.98. The molecular formula is C15H17NO6. The lowest BCUT2D eigenvalue weighted by Gasteiger charge is -2.12. The highest BCUT2D eigenvalue weighted by atomic mass is 16.6. The number of carbonyl (C=O) groups excluding carboxylic acids is 1. The Morgan fingerprint density at radius 2 is 2.09 bits per heavy atom. The van der Waals surface area contributed by atoms with Gasteiger partial charge in [0.25, 0.3) is 5.97 Å². The Kier molecular flexibility index (Phi) is 6.73. The minimum Gasteiger partial charge on any atom is -0.508 e. The number of carboxylic acids is 1. The Hall–Kier alpha value is -2.72. The maximum absolute atomic E-state index is 11.6. The van der Waals surface area contributed by atoms with Crippen molar-refractivity contribution in [1.29, 1.82) is 0 Å². The first-order valence-corrected chi connectivity index (χ1v) is 6.42. The summed E-state index contributed by atoms with van der Waals surface area (Å²) >= 11 is 0. The number of phenols is 1. The second-order valence-electron chi connectivity index (χ2n) is 4.37. The van der Waals surface area contributed by atoms with Gasteiger partial charge in [0, 0.05) is 12.6 Å². The lowest BCUT2D eigenvalue weighted by molar-refractivity contribution is -0.134. The predicted molar refractivity (Wildman–Crippen MR) is 78.7 cm³/mol. The van der Waals surface area contributed by atoms with Crippen LogP contribution in [0.4, 0.5) is 10.5 Å². The monoisotopic (exact) mass is 307 g/mol. The molecule has 2 N–H and O–H groups in total. The highest BCUT2D eigenvalue weighted by molar-refractivity contribution is 5.89. The molecule has 1 aliphatic rings. The lowest BCUT2D eigenvalue weighted by Crippen LogP contribution is -2.25. The smallest absolute Gasteiger partial charge is 0.414 e. The van der Waals surface area contributed by atoms with Gasteiger partial charge in [0.05, 0.1) is 13.2 Å². The van der Waals surface area contributed by atoms with Crippen LogP contribution in [0.15, 0.2) is 24.3 Å². The van der Waals surface area contributed by atoms with Crippen molar-refractivity contribution in [3.63, 3.8) is 0 Å². The fraction of sp³-hybridized carbons (Fsp3) is 0.333. The van der Waals surface area contributed by atoms with Gasteiger partial charge in [-0.3, -0.25) is 9.69 Å². The van der Waals surface area contributed by atoms with Gasteiger partial charge in [-0.2, -0.15) is 0 Å². The first kappa shape index (κ1) is 17.3. The predicted octanol–water partition coefficient (Wildman–Crippen LogP) is 1.46. The van der Waals surface area contributed by atoms with Gasteiger partial charge in [-0.1, -0.05) is 5.92 Å². The first-order valence-electron chi connectivity index (χ1n) is 6.42. The van der Waals surface area contributed by atoms with Gasteiger partial charge in [-0.25, -0.2) is 4.79 Å². The van der Waals surface area contributed by atoms with E-state index in [0.29, 0.717) is 12.2 Å². The maximum atomic E-state index is 11.6. The van der Waals surface area contributed by atoms with Crippen molar-refractivity contribution < 1.29 is 29.3 Å². The molecule has 22 heavy (non-hydrogen) atoms. The van der Waals surface area contributed by atoms with Crippen LogP contribution in [-0.2, 0) is 14.3 Å². The number of hydrogen-bond donors (Lipinski definition) is 2. The van der Waals surface area contributed by atoms with Crippen LogP contribution in [0.3, 0.4) is 0 Å². The second-order valence-corrected chi connectivity index (χ2v) is 4.37. The average molecular weight is 307 g/mol. The van der Waals surface area contributed by atoms with E-state index in [0.717, 1.165) is 6.92 Å². The number of ether oxygens (including phenoxy) is 2. The highest BCUT2D eigenvalue weighted by Gasteiger charge is 2.32. The molecule has 1 amide bonds. The Bertz CT molecular complexity index is 544. The third kappa shape index (κ3) is 5.73. The number of hydrogen-bond acceptors (Lipinski definition) is 5. The molecule has 7 heteroatoms. The molecular weight excluding hydrogens is 290 g/mol. The molecule has 0 radical (unpaired) electrons. The first-order chi connectivity index (χ1) is 10.4. The molecule has 0 spiro atoms. The maximum Gasteiger partial charge on any atom is 0.414 e. The summed E-state index contributed by atoms with van der Waals surface area (Å²) in [4.78, 5) is 22.1. The van der Waals surface area contributed by atoms with E-state index in [9.17, 15) is 9.90 Å². The molecule has 1 aromatic rings. The van der Waals surface area contributed by atoms with Crippen molar-refractivity contribution in [1.82, 2.24) is 0 Å². The standard InChI is InChI=1S/C13H13NO4.C2H4O2/c1-2-7-17-9-12-8-14(13(16)18-12)10-3-5-11(15)6-4-10;1-2(3)4/h1,3-6,12,15H,7-9H2;1H3,(H,3,4). The van der Waals surface area contributed by atoms with Crippen LogP contribution >= 0.6 is 0 Å². The van der Waals surface area contributed by atoms with Gasteiger partial charge in [0.2, 0.25) is 0 Å². The van der Waals surface area contributed by atoms with Gasteiger partial charge in [0.15, 0.2) is 0 Å². The van der Waals surface area contributed by atoms with Crippen LogP contribution in [0.2, 0.25) is 0 Å². The largest absolute Gasteiger partial charge is 0.508 e. The van der Waals surface area contributed by atoms with Crippen molar-refractivity contribution in [3.8, 4) is 18.1 Å². The lowest BCUT2D eigenvalue weighted by atomic mass is 10.2. The summed E-state index contributed by atoms with van der Waals surface area (Å²) in [6.07, 6.45) is 4.32. The van der Waals surface area contributed by atoms with E-state index in [4.69, 9.17) is 25.8 Å². The van der Waals surface area contributed by atoms with Crippen molar-refractivity contribution >= 4 is 17.7 Å². The minimum absolute atomic E-state index is 0.153. The number of rotatable bonds is 4. The molecule has 0 aromatic heterocycles. The molecule has 1 saturated heterocycles. The summed E-state index contributed by atoms with van der Waals surface area (Å²) < 4.78 is 10.3. The fourth-order valence-electron chi connectivity index (χ4n) is 1.70. The van der Waals surface area contributed by atoms with Crippen molar-refractivity contribution in [2.45, 2.75) is 13.0 Å². The number of carboxylic acid groups (broad SMARTS) is 1. The third-order valence-corrected chi connectivity index (χ3v) is 2.52. The minimum atomic E-state index is -0.833. The molecule has 1 aliphatic heterocycles. The van der Waals surface area contributed by atoms with Crippen molar-refractivity contribution in [3.05, 3.63) is 24.3 Å². The van der Waals surface area contributed by atoms with Gasteiger partial charge in [0.1, 0.15) is 18.5 Å². The number of aliphatic carboxylic acids is 1. The average Bonchev–Trinajstić information content (AvgIpc) is 2.80. The van der Waals surface area contributed by atoms with E-state index in [2.05, 4.69) is 5.92 Å². The molecule has 7 nitrogen and oxygen atoms in total. The van der Waals surface area contributed by atoms with Crippen LogP contribution in [0.25, 0.3) is 0 Å². The number of aromatic hydroxyl groups is 1. The van der Waals surface area contributed by atoms with E-state index in [1.54, 1.807) is 12.1 Å². The molecule has 1 aromatic carbocycles. The molecule has 1 heterocycles. The fourth-order valence-corrected chi connectivity index (χ4v) is 1.70. The van der Waals surface area contributed by atoms with Gasteiger partial charge >= 0.3 is 6.09 Å². The third-order valence-electron chi connectivity index (χ3n) is 2.52. The number of benzene rings is 1. The summed E-state index contributed by atoms with van der Waals surface area (Å²) in [7, 11) is 0. The normalized spacial score (nSPS) is 16.3. The van der Waals surface area contributed by atoms with Gasteiger partial charge < -0.3 is 19.7 Å². The number of nitrogens with zero attached hydrogens (tertiary/aromatic N) is 1. The molecule has 0 saturated carbocycles. The summed E-state index contributed by atoms with van der Waals surface area (Å²) in [5.74, 6) is 1.67. The summed E-state index contributed by atoms with van der Waals surface area (Å²) in [6, 6.07) is 6.35. The van der Waals surface area contributed by atoms with Crippen LogP contribution < -0.4 is 4.90 Å².